The summed E-state index contributed by atoms with van der Waals surface area (Å²) in [4.78, 5) is 16.5. The van der Waals surface area contributed by atoms with Crippen molar-refractivity contribution >= 4 is 27.5 Å². The molecule has 3 nitrogen and oxygen atoms in total. The molecule has 0 fully saturated rings. The van der Waals surface area contributed by atoms with E-state index in [1.54, 1.807) is 10.6 Å². The zero-order chi connectivity index (χ0) is 16.4. The summed E-state index contributed by atoms with van der Waals surface area (Å²) in [7, 11) is 0. The molecule has 1 amide bonds. The van der Waals surface area contributed by atoms with Crippen LogP contribution in [0.2, 0.25) is 0 Å². The lowest BCUT2D eigenvalue weighted by Crippen LogP contribution is -2.17. The summed E-state index contributed by atoms with van der Waals surface area (Å²) >= 11 is 1.28. The van der Waals surface area contributed by atoms with Crippen LogP contribution in [0.5, 0.6) is 0 Å². The van der Waals surface area contributed by atoms with Gasteiger partial charge in [0.25, 0.3) is 5.91 Å². The van der Waals surface area contributed by atoms with Crippen molar-refractivity contribution in [3.63, 3.8) is 0 Å². The molecule has 3 aromatic rings. The molecule has 0 atom stereocenters. The molecule has 3 rings (SSSR count). The van der Waals surface area contributed by atoms with Crippen LogP contribution in [0.15, 0.2) is 60.1 Å². The van der Waals surface area contributed by atoms with Crippen LogP contribution in [0.25, 0.3) is 10.2 Å². The highest BCUT2D eigenvalue weighted by atomic mass is 32.1. The third-order valence-corrected chi connectivity index (χ3v) is 4.33. The smallest absolute Gasteiger partial charge is 0.285 e. The number of fused-ring (bicyclic) bond motifs is 1. The van der Waals surface area contributed by atoms with Gasteiger partial charge in [-0.2, -0.15) is 4.99 Å². The number of carbonyl (C=O) groups excluding carboxylic acids is 1. The van der Waals surface area contributed by atoms with E-state index in [4.69, 9.17) is 0 Å². The van der Waals surface area contributed by atoms with Gasteiger partial charge >= 0.3 is 0 Å². The number of benzene rings is 2. The highest BCUT2D eigenvalue weighted by Crippen LogP contribution is 2.17. The van der Waals surface area contributed by atoms with E-state index >= 15 is 0 Å². The number of carbonyl (C=O) groups is 1. The molecule has 2 aromatic carbocycles. The second-order valence-electron chi connectivity index (χ2n) is 4.77. The van der Waals surface area contributed by atoms with Crippen LogP contribution in [-0.4, -0.2) is 10.5 Å². The Balaban J connectivity index is 2.19. The van der Waals surface area contributed by atoms with Gasteiger partial charge in [0.05, 0.1) is 10.2 Å². The van der Waals surface area contributed by atoms with Crippen molar-refractivity contribution < 1.29 is 13.6 Å². The third-order valence-electron chi connectivity index (χ3n) is 3.27. The summed E-state index contributed by atoms with van der Waals surface area (Å²) in [6.07, 6.45) is 1.67. The molecule has 0 saturated carbocycles. The van der Waals surface area contributed by atoms with Gasteiger partial charge in [0.2, 0.25) is 0 Å². The molecular formula is C17H12F2N2OS. The number of halogens is 2. The summed E-state index contributed by atoms with van der Waals surface area (Å²) < 4.78 is 30.1. The van der Waals surface area contributed by atoms with Crippen molar-refractivity contribution in [2.75, 3.05) is 0 Å². The number of rotatable bonds is 3. The molecular weight excluding hydrogens is 318 g/mol. The molecule has 0 saturated heterocycles. The number of allylic oxidation sites excluding steroid dienone is 1. The van der Waals surface area contributed by atoms with Gasteiger partial charge in [-0.15, -0.1) is 6.58 Å². The fraction of sp³-hybridized carbons (Fsp3) is 0.0588. The Morgan fingerprint density at radius 3 is 2.57 bits per heavy atom. The zero-order valence-electron chi connectivity index (χ0n) is 12.0. The first-order valence-corrected chi connectivity index (χ1v) is 7.66. The van der Waals surface area contributed by atoms with Crippen LogP contribution in [0.1, 0.15) is 10.4 Å². The molecule has 0 aliphatic carbocycles. The highest BCUT2D eigenvalue weighted by Gasteiger charge is 2.17. The molecule has 0 aliphatic heterocycles. The van der Waals surface area contributed by atoms with Gasteiger partial charge in [0.15, 0.2) is 4.80 Å². The molecule has 23 heavy (non-hydrogen) atoms. The molecule has 0 unspecified atom stereocenters. The van der Waals surface area contributed by atoms with Crippen molar-refractivity contribution in [2.24, 2.45) is 4.99 Å². The molecule has 0 bridgehead atoms. The molecule has 116 valence electrons. The fourth-order valence-electron chi connectivity index (χ4n) is 2.26. The van der Waals surface area contributed by atoms with Crippen LogP contribution >= 0.6 is 11.3 Å². The number of hydrogen-bond donors (Lipinski definition) is 0. The van der Waals surface area contributed by atoms with Gasteiger partial charge < -0.3 is 4.57 Å². The number of aromatic nitrogens is 1. The standard InChI is InChI=1S/C17H12F2N2OS/c1-2-10-21-13-8-3-4-9-14(13)23-17(21)20-16(22)15-11(18)6-5-7-12(15)19/h2-9H,1,10H2. The lowest BCUT2D eigenvalue weighted by atomic mass is 10.2. The van der Waals surface area contributed by atoms with Crippen molar-refractivity contribution in [1.29, 1.82) is 0 Å². The first kappa shape index (κ1) is 15.3. The lowest BCUT2D eigenvalue weighted by Gasteiger charge is -2.01. The number of amides is 1. The predicted molar refractivity (Wildman–Crippen MR) is 86.3 cm³/mol. The minimum Gasteiger partial charge on any atom is -0.312 e. The Morgan fingerprint density at radius 1 is 1.17 bits per heavy atom. The van der Waals surface area contributed by atoms with E-state index in [0.29, 0.717) is 11.3 Å². The average molecular weight is 330 g/mol. The van der Waals surface area contributed by atoms with Crippen molar-refractivity contribution in [3.8, 4) is 0 Å². The van der Waals surface area contributed by atoms with Gasteiger partial charge in [-0.05, 0) is 24.3 Å². The normalized spacial score (nSPS) is 11.8. The van der Waals surface area contributed by atoms with Crippen molar-refractivity contribution in [2.45, 2.75) is 6.54 Å². The second kappa shape index (κ2) is 6.26. The van der Waals surface area contributed by atoms with E-state index in [9.17, 15) is 13.6 Å². The monoisotopic (exact) mass is 330 g/mol. The summed E-state index contributed by atoms with van der Waals surface area (Å²) in [6, 6.07) is 10.8. The number of thiazole rings is 1. The first-order valence-electron chi connectivity index (χ1n) is 6.84. The average Bonchev–Trinajstić information content (AvgIpc) is 2.85. The van der Waals surface area contributed by atoms with Crippen LogP contribution in [0, 0.1) is 11.6 Å². The Hall–Kier alpha value is -2.60. The highest BCUT2D eigenvalue weighted by molar-refractivity contribution is 7.16. The lowest BCUT2D eigenvalue weighted by molar-refractivity contribution is 0.0990. The number of hydrogen-bond acceptors (Lipinski definition) is 2. The molecule has 1 heterocycles. The summed E-state index contributed by atoms with van der Waals surface area (Å²) in [6.45, 7) is 4.13. The molecule has 1 aromatic heterocycles. The van der Waals surface area contributed by atoms with Gasteiger partial charge in [-0.1, -0.05) is 35.6 Å². The van der Waals surface area contributed by atoms with Gasteiger partial charge in [0.1, 0.15) is 17.2 Å². The SMILES string of the molecule is C=CCn1c(=NC(=O)c2c(F)cccc2F)sc2ccccc21. The number of nitrogens with zero attached hydrogens (tertiary/aromatic N) is 2. The van der Waals surface area contributed by atoms with Gasteiger partial charge in [0, 0.05) is 6.54 Å². The second-order valence-corrected chi connectivity index (χ2v) is 5.77. The molecule has 0 aliphatic rings. The van der Waals surface area contributed by atoms with E-state index in [-0.39, 0.29) is 0 Å². The minimum atomic E-state index is -0.940. The molecule has 0 radical (unpaired) electrons. The largest absolute Gasteiger partial charge is 0.312 e. The van der Waals surface area contributed by atoms with Crippen LogP contribution < -0.4 is 4.80 Å². The summed E-state index contributed by atoms with van der Waals surface area (Å²) in [5, 5.41) is 0. The fourth-order valence-corrected chi connectivity index (χ4v) is 3.29. The zero-order valence-corrected chi connectivity index (χ0v) is 12.8. The Kier molecular flexibility index (Phi) is 4.16. The van der Waals surface area contributed by atoms with Gasteiger partial charge in [-0.25, -0.2) is 8.78 Å². The van der Waals surface area contributed by atoms with Crippen LogP contribution in [-0.2, 0) is 6.54 Å². The minimum absolute atomic E-state index is 0.374. The maximum Gasteiger partial charge on any atom is 0.285 e. The van der Waals surface area contributed by atoms with E-state index < -0.39 is 23.1 Å². The maximum absolute atomic E-state index is 13.7. The number of para-hydroxylation sites is 1. The molecule has 0 spiro atoms. The Morgan fingerprint density at radius 2 is 1.87 bits per heavy atom. The summed E-state index contributed by atoms with van der Waals surface area (Å²) in [5.74, 6) is -2.78. The quantitative estimate of drug-likeness (QED) is 0.671. The van der Waals surface area contributed by atoms with E-state index in [2.05, 4.69) is 11.6 Å². The first-order chi connectivity index (χ1) is 11.1. The predicted octanol–water partition coefficient (Wildman–Crippen LogP) is 3.91. The Labute approximate surface area is 134 Å². The van der Waals surface area contributed by atoms with E-state index in [1.165, 1.54) is 17.4 Å². The van der Waals surface area contributed by atoms with Crippen molar-refractivity contribution in [3.05, 3.63) is 77.1 Å². The topological polar surface area (TPSA) is 34.4 Å². The van der Waals surface area contributed by atoms with E-state index in [1.807, 2.05) is 24.3 Å². The van der Waals surface area contributed by atoms with E-state index in [0.717, 1.165) is 22.3 Å². The molecule has 0 N–H and O–H groups in total. The summed E-state index contributed by atoms with van der Waals surface area (Å²) in [5.41, 5.74) is 0.244. The maximum atomic E-state index is 13.7. The van der Waals surface area contributed by atoms with Crippen LogP contribution in [0.4, 0.5) is 8.78 Å². The molecule has 6 heteroatoms. The van der Waals surface area contributed by atoms with Gasteiger partial charge in [-0.3, -0.25) is 4.79 Å². The third kappa shape index (κ3) is 2.85. The Bertz CT molecular complexity index is 952. The van der Waals surface area contributed by atoms with Crippen LogP contribution in [0.3, 0.4) is 0 Å². The van der Waals surface area contributed by atoms with Crippen molar-refractivity contribution in [1.82, 2.24) is 4.57 Å².